The minimum absolute atomic E-state index is 0.0515. The minimum atomic E-state index is -1.04. The van der Waals surface area contributed by atoms with E-state index in [-0.39, 0.29) is 17.9 Å². The van der Waals surface area contributed by atoms with Crippen LogP contribution in [0.2, 0.25) is 0 Å². The lowest BCUT2D eigenvalue weighted by Gasteiger charge is -2.09. The van der Waals surface area contributed by atoms with E-state index in [4.69, 9.17) is 9.26 Å². The number of carbonyl (C=O) groups is 1. The third-order valence-electron chi connectivity index (χ3n) is 3.00. The maximum atomic E-state index is 11.4. The van der Waals surface area contributed by atoms with Crippen LogP contribution in [0.1, 0.15) is 22.1 Å². The number of aromatic carboxylic acids is 1. The van der Waals surface area contributed by atoms with E-state index in [2.05, 4.69) is 10.1 Å². The quantitative estimate of drug-likeness (QED) is 0.792. The highest BCUT2D eigenvalue weighted by molar-refractivity contribution is 5.97. The highest BCUT2D eigenvalue weighted by atomic mass is 16.5. The van der Waals surface area contributed by atoms with Crippen molar-refractivity contribution in [1.29, 1.82) is 0 Å². The number of aromatic nitrogens is 2. The molecule has 1 heterocycles. The van der Waals surface area contributed by atoms with E-state index in [1.165, 1.54) is 0 Å². The number of rotatable bonds is 4. The summed E-state index contributed by atoms with van der Waals surface area (Å²) in [5, 5.41) is 14.8. The van der Waals surface area contributed by atoms with Crippen LogP contribution in [0.25, 0.3) is 10.8 Å². The van der Waals surface area contributed by atoms with Gasteiger partial charge in [-0.25, -0.2) is 4.79 Å². The molecule has 3 rings (SSSR count). The third-order valence-corrected chi connectivity index (χ3v) is 3.00. The SMILES string of the molecule is Cc1nc(COc2cc3ccccc3cc2C(=O)O)no1. The highest BCUT2D eigenvalue weighted by Gasteiger charge is 2.14. The molecular weight excluding hydrogens is 272 g/mol. The first-order valence-corrected chi connectivity index (χ1v) is 6.31. The van der Waals surface area contributed by atoms with Gasteiger partial charge in [0.15, 0.2) is 6.61 Å². The molecule has 21 heavy (non-hydrogen) atoms. The normalized spacial score (nSPS) is 10.7. The molecule has 0 saturated carbocycles. The molecular formula is C15H12N2O4. The second kappa shape index (κ2) is 5.24. The van der Waals surface area contributed by atoms with Gasteiger partial charge in [-0.3, -0.25) is 0 Å². The minimum Gasteiger partial charge on any atom is -0.485 e. The van der Waals surface area contributed by atoms with Gasteiger partial charge >= 0.3 is 5.97 Å². The molecule has 0 aliphatic heterocycles. The van der Waals surface area contributed by atoms with Gasteiger partial charge in [0.2, 0.25) is 11.7 Å². The van der Waals surface area contributed by atoms with Gasteiger partial charge in [-0.2, -0.15) is 4.98 Å². The zero-order chi connectivity index (χ0) is 14.8. The molecule has 0 aliphatic carbocycles. The molecule has 0 amide bonds. The largest absolute Gasteiger partial charge is 0.485 e. The third kappa shape index (κ3) is 2.69. The van der Waals surface area contributed by atoms with Crippen LogP contribution >= 0.6 is 0 Å². The Kier molecular flexibility index (Phi) is 3.27. The van der Waals surface area contributed by atoms with Crippen LogP contribution in [-0.2, 0) is 6.61 Å². The van der Waals surface area contributed by atoms with Crippen molar-refractivity contribution in [2.45, 2.75) is 13.5 Å². The summed E-state index contributed by atoms with van der Waals surface area (Å²) in [6.07, 6.45) is 0. The predicted molar refractivity (Wildman–Crippen MR) is 74.3 cm³/mol. The first kappa shape index (κ1) is 13.1. The fourth-order valence-corrected chi connectivity index (χ4v) is 2.05. The maximum Gasteiger partial charge on any atom is 0.339 e. The van der Waals surface area contributed by atoms with Gasteiger partial charge in [0.25, 0.3) is 0 Å². The lowest BCUT2D eigenvalue weighted by atomic mass is 10.1. The van der Waals surface area contributed by atoms with E-state index in [9.17, 15) is 9.90 Å². The molecule has 0 saturated heterocycles. The molecule has 0 radical (unpaired) electrons. The van der Waals surface area contributed by atoms with Crippen molar-refractivity contribution in [2.75, 3.05) is 0 Å². The van der Waals surface area contributed by atoms with Crippen molar-refractivity contribution in [3.05, 3.63) is 53.7 Å². The van der Waals surface area contributed by atoms with Crippen LogP contribution in [-0.4, -0.2) is 21.2 Å². The molecule has 0 atom stereocenters. The number of fused-ring (bicyclic) bond motifs is 1. The lowest BCUT2D eigenvalue weighted by Crippen LogP contribution is -2.04. The van der Waals surface area contributed by atoms with Crippen LogP contribution in [0, 0.1) is 6.92 Å². The van der Waals surface area contributed by atoms with Crippen molar-refractivity contribution >= 4 is 16.7 Å². The topological polar surface area (TPSA) is 85.5 Å². The van der Waals surface area contributed by atoms with E-state index in [1.807, 2.05) is 24.3 Å². The number of ether oxygens (including phenoxy) is 1. The van der Waals surface area contributed by atoms with Gasteiger partial charge in [-0.1, -0.05) is 29.4 Å². The Hall–Kier alpha value is -2.89. The smallest absolute Gasteiger partial charge is 0.339 e. The van der Waals surface area contributed by atoms with E-state index < -0.39 is 5.97 Å². The second-order valence-corrected chi connectivity index (χ2v) is 4.52. The number of carboxylic acids is 1. The van der Waals surface area contributed by atoms with Gasteiger partial charge < -0.3 is 14.4 Å². The first-order valence-electron chi connectivity index (χ1n) is 6.31. The van der Waals surface area contributed by atoms with Crippen molar-refractivity contribution in [3.8, 4) is 5.75 Å². The summed E-state index contributed by atoms with van der Waals surface area (Å²) < 4.78 is 10.4. The summed E-state index contributed by atoms with van der Waals surface area (Å²) in [5.41, 5.74) is 0.105. The van der Waals surface area contributed by atoms with Gasteiger partial charge in [0.1, 0.15) is 11.3 Å². The molecule has 0 unspecified atom stereocenters. The Morgan fingerprint density at radius 3 is 2.62 bits per heavy atom. The number of benzene rings is 2. The molecule has 0 fully saturated rings. The van der Waals surface area contributed by atoms with Crippen molar-refractivity contribution in [2.24, 2.45) is 0 Å². The zero-order valence-corrected chi connectivity index (χ0v) is 11.2. The summed E-state index contributed by atoms with van der Waals surface area (Å²) in [7, 11) is 0. The monoisotopic (exact) mass is 284 g/mol. The van der Waals surface area contributed by atoms with Crippen LogP contribution in [0.5, 0.6) is 5.75 Å². The molecule has 6 nitrogen and oxygen atoms in total. The fourth-order valence-electron chi connectivity index (χ4n) is 2.05. The first-order chi connectivity index (χ1) is 10.1. The standard InChI is InChI=1S/C15H12N2O4/c1-9-16-14(17-21-9)8-20-13-7-11-5-3-2-4-10(11)6-12(13)15(18)19/h2-7H,8H2,1H3,(H,18,19). The second-order valence-electron chi connectivity index (χ2n) is 4.52. The van der Waals surface area contributed by atoms with Gasteiger partial charge in [0, 0.05) is 6.92 Å². The molecule has 1 N–H and O–H groups in total. The zero-order valence-electron chi connectivity index (χ0n) is 11.2. The van der Waals surface area contributed by atoms with E-state index in [0.717, 1.165) is 10.8 Å². The average molecular weight is 284 g/mol. The molecule has 2 aromatic carbocycles. The van der Waals surface area contributed by atoms with E-state index >= 15 is 0 Å². The maximum absolute atomic E-state index is 11.4. The van der Waals surface area contributed by atoms with E-state index in [0.29, 0.717) is 11.7 Å². The molecule has 0 spiro atoms. The lowest BCUT2D eigenvalue weighted by molar-refractivity contribution is 0.0692. The van der Waals surface area contributed by atoms with Crippen LogP contribution in [0.3, 0.4) is 0 Å². The van der Waals surface area contributed by atoms with Crippen LogP contribution < -0.4 is 4.74 Å². The Morgan fingerprint density at radius 1 is 1.29 bits per heavy atom. The van der Waals surface area contributed by atoms with Crippen molar-refractivity contribution in [1.82, 2.24) is 10.1 Å². The predicted octanol–water partition coefficient (Wildman–Crippen LogP) is 2.81. The summed E-state index contributed by atoms with van der Waals surface area (Å²) >= 11 is 0. The highest BCUT2D eigenvalue weighted by Crippen LogP contribution is 2.26. The van der Waals surface area contributed by atoms with E-state index in [1.54, 1.807) is 19.1 Å². The van der Waals surface area contributed by atoms with Crippen LogP contribution in [0.4, 0.5) is 0 Å². The Balaban J connectivity index is 1.95. The Bertz CT molecular complexity index is 810. The fraction of sp³-hybridized carbons (Fsp3) is 0.133. The molecule has 0 aliphatic rings. The molecule has 0 bridgehead atoms. The summed E-state index contributed by atoms with van der Waals surface area (Å²) in [4.78, 5) is 15.4. The molecule has 6 heteroatoms. The van der Waals surface area contributed by atoms with Gasteiger partial charge in [0.05, 0.1) is 0 Å². The van der Waals surface area contributed by atoms with Gasteiger partial charge in [-0.05, 0) is 22.9 Å². The summed E-state index contributed by atoms with van der Waals surface area (Å²) in [6.45, 7) is 1.73. The number of carboxylic acid groups (broad SMARTS) is 1. The summed E-state index contributed by atoms with van der Waals surface area (Å²) in [5.74, 6) is 0.0475. The molecule has 1 aromatic heterocycles. The average Bonchev–Trinajstić information content (AvgIpc) is 2.89. The summed E-state index contributed by atoms with van der Waals surface area (Å²) in [6, 6.07) is 10.8. The molecule has 106 valence electrons. The number of hydrogen-bond donors (Lipinski definition) is 1. The number of nitrogens with zero attached hydrogens (tertiary/aromatic N) is 2. The van der Waals surface area contributed by atoms with Crippen LogP contribution in [0.15, 0.2) is 40.9 Å². The molecule has 3 aromatic rings. The van der Waals surface area contributed by atoms with Crippen molar-refractivity contribution in [3.63, 3.8) is 0 Å². The van der Waals surface area contributed by atoms with Crippen molar-refractivity contribution < 1.29 is 19.2 Å². The Morgan fingerprint density at radius 2 is 2.00 bits per heavy atom. The van der Waals surface area contributed by atoms with Gasteiger partial charge in [-0.15, -0.1) is 0 Å². The number of aryl methyl sites for hydroxylation is 1. The number of hydrogen-bond acceptors (Lipinski definition) is 5. The Labute approximate surface area is 120 Å².